The number of nitrogens with zero attached hydrogens (tertiary/aromatic N) is 2. The van der Waals surface area contributed by atoms with E-state index in [1.807, 2.05) is 26.0 Å². The van der Waals surface area contributed by atoms with Crippen LogP contribution in [-0.4, -0.2) is 30.7 Å². The summed E-state index contributed by atoms with van der Waals surface area (Å²) in [6, 6.07) is 9.23. The van der Waals surface area contributed by atoms with Gasteiger partial charge in [0.05, 0.1) is 4.92 Å². The highest BCUT2D eigenvalue weighted by molar-refractivity contribution is 7.89. The van der Waals surface area contributed by atoms with E-state index >= 15 is 0 Å². The minimum absolute atomic E-state index is 0.0921. The molecular formula is C18H20N2O5S. The molecule has 0 unspecified atom stereocenters. The number of rotatable bonds is 5. The number of hydrogen-bond donors (Lipinski definition) is 0. The number of sulfonamides is 1. The van der Waals surface area contributed by atoms with Gasteiger partial charge >= 0.3 is 0 Å². The minimum atomic E-state index is -3.86. The Morgan fingerprint density at radius 2 is 1.69 bits per heavy atom. The lowest BCUT2D eigenvalue weighted by atomic mass is 10.1. The molecule has 1 saturated heterocycles. The quantitative estimate of drug-likeness (QED) is 0.585. The normalized spacial score (nSPS) is 15.2. The third-order valence-corrected chi connectivity index (χ3v) is 6.29. The van der Waals surface area contributed by atoms with Crippen molar-refractivity contribution in [2.45, 2.75) is 31.6 Å². The van der Waals surface area contributed by atoms with Gasteiger partial charge in [-0.15, -0.1) is 0 Å². The Kier molecular flexibility index (Phi) is 4.97. The van der Waals surface area contributed by atoms with Crippen molar-refractivity contribution in [1.82, 2.24) is 4.31 Å². The van der Waals surface area contributed by atoms with Crippen LogP contribution in [0.5, 0.6) is 11.5 Å². The molecule has 1 aliphatic rings. The van der Waals surface area contributed by atoms with Crippen LogP contribution in [-0.2, 0) is 10.0 Å². The molecule has 0 aliphatic carbocycles. The van der Waals surface area contributed by atoms with E-state index < -0.39 is 14.9 Å². The van der Waals surface area contributed by atoms with Crippen LogP contribution in [0.25, 0.3) is 0 Å². The maximum absolute atomic E-state index is 13.0. The standard InChI is InChI=1S/C18H20N2O5S/c1-13-5-7-16(14(2)11-13)25-17-8-6-15(20(21)22)12-18(17)26(23,24)19-9-3-4-10-19/h5-8,11-12H,3-4,9-10H2,1-2H3. The molecule has 26 heavy (non-hydrogen) atoms. The molecule has 1 fully saturated rings. The van der Waals surface area contributed by atoms with Gasteiger partial charge in [0.1, 0.15) is 16.4 Å². The highest BCUT2D eigenvalue weighted by atomic mass is 32.2. The third kappa shape index (κ3) is 3.56. The van der Waals surface area contributed by atoms with Gasteiger partial charge in [-0.2, -0.15) is 4.31 Å². The Hall–Kier alpha value is -2.45. The number of ether oxygens (including phenoxy) is 1. The van der Waals surface area contributed by atoms with Gasteiger partial charge in [-0.1, -0.05) is 17.7 Å². The zero-order valence-corrected chi connectivity index (χ0v) is 15.5. The molecule has 1 heterocycles. The SMILES string of the molecule is Cc1ccc(Oc2ccc([N+](=O)[O-])cc2S(=O)(=O)N2CCCC2)c(C)c1. The Morgan fingerprint density at radius 1 is 1.04 bits per heavy atom. The van der Waals surface area contributed by atoms with Crippen LogP contribution in [0.2, 0.25) is 0 Å². The van der Waals surface area contributed by atoms with Gasteiger partial charge in [0.2, 0.25) is 10.0 Å². The lowest BCUT2D eigenvalue weighted by Crippen LogP contribution is -2.28. The Balaban J connectivity index is 2.08. The largest absolute Gasteiger partial charge is 0.456 e. The van der Waals surface area contributed by atoms with Crippen molar-refractivity contribution in [3.8, 4) is 11.5 Å². The lowest BCUT2D eigenvalue weighted by molar-refractivity contribution is -0.385. The van der Waals surface area contributed by atoms with Crippen molar-refractivity contribution in [2.24, 2.45) is 0 Å². The first kappa shape index (κ1) is 18.3. The summed E-state index contributed by atoms with van der Waals surface area (Å²) in [5.74, 6) is 0.608. The van der Waals surface area contributed by atoms with Crippen molar-refractivity contribution in [2.75, 3.05) is 13.1 Å². The predicted molar refractivity (Wildman–Crippen MR) is 97.1 cm³/mol. The van der Waals surface area contributed by atoms with Gasteiger partial charge in [-0.05, 0) is 44.4 Å². The van der Waals surface area contributed by atoms with Crippen LogP contribution in [0.4, 0.5) is 5.69 Å². The number of nitro benzene ring substituents is 1. The monoisotopic (exact) mass is 376 g/mol. The average molecular weight is 376 g/mol. The molecule has 0 radical (unpaired) electrons. The average Bonchev–Trinajstić information content (AvgIpc) is 3.12. The van der Waals surface area contributed by atoms with Crippen LogP contribution < -0.4 is 4.74 Å². The number of non-ortho nitro benzene ring substituents is 1. The Morgan fingerprint density at radius 3 is 2.31 bits per heavy atom. The zero-order valence-electron chi connectivity index (χ0n) is 14.6. The van der Waals surface area contributed by atoms with Crippen molar-refractivity contribution in [1.29, 1.82) is 0 Å². The highest BCUT2D eigenvalue weighted by Gasteiger charge is 2.32. The molecule has 138 valence electrons. The van der Waals surface area contributed by atoms with Gasteiger partial charge in [-0.3, -0.25) is 10.1 Å². The second-order valence-electron chi connectivity index (χ2n) is 6.37. The van der Waals surface area contributed by atoms with Gasteiger partial charge in [0.15, 0.2) is 0 Å². The van der Waals surface area contributed by atoms with E-state index in [4.69, 9.17) is 4.74 Å². The number of aryl methyl sites for hydroxylation is 2. The summed E-state index contributed by atoms with van der Waals surface area (Å²) in [4.78, 5) is 10.3. The topological polar surface area (TPSA) is 89.7 Å². The summed E-state index contributed by atoms with van der Waals surface area (Å²) in [6.07, 6.45) is 1.56. The smallest absolute Gasteiger partial charge is 0.271 e. The molecule has 7 nitrogen and oxygen atoms in total. The Labute approximate surface area is 152 Å². The van der Waals surface area contributed by atoms with Gasteiger partial charge in [-0.25, -0.2) is 8.42 Å². The first-order valence-electron chi connectivity index (χ1n) is 8.33. The lowest BCUT2D eigenvalue weighted by Gasteiger charge is -2.18. The maximum atomic E-state index is 13.0. The van der Waals surface area contributed by atoms with E-state index in [0.717, 1.165) is 30.0 Å². The van der Waals surface area contributed by atoms with E-state index in [9.17, 15) is 18.5 Å². The number of hydrogen-bond acceptors (Lipinski definition) is 5. The summed E-state index contributed by atoms with van der Waals surface area (Å²) in [5, 5.41) is 11.1. The van der Waals surface area contributed by atoms with Crippen molar-refractivity contribution in [3.63, 3.8) is 0 Å². The summed E-state index contributed by atoms with van der Waals surface area (Å²) in [5.41, 5.74) is 1.63. The van der Waals surface area contributed by atoms with Crippen LogP contribution >= 0.6 is 0 Å². The second-order valence-corrected chi connectivity index (χ2v) is 8.28. The molecule has 0 saturated carbocycles. The molecular weight excluding hydrogens is 356 g/mol. The molecule has 0 N–H and O–H groups in total. The fraction of sp³-hybridized carbons (Fsp3) is 0.333. The van der Waals surface area contributed by atoms with E-state index in [1.165, 1.54) is 16.4 Å². The van der Waals surface area contributed by atoms with Gasteiger partial charge in [0, 0.05) is 25.2 Å². The van der Waals surface area contributed by atoms with E-state index in [-0.39, 0.29) is 16.3 Å². The summed E-state index contributed by atoms with van der Waals surface area (Å²) in [6.45, 7) is 4.64. The van der Waals surface area contributed by atoms with E-state index in [0.29, 0.717) is 18.8 Å². The predicted octanol–water partition coefficient (Wildman–Crippen LogP) is 3.79. The molecule has 0 spiro atoms. The van der Waals surface area contributed by atoms with Crippen LogP contribution in [0, 0.1) is 24.0 Å². The summed E-state index contributed by atoms with van der Waals surface area (Å²) < 4.78 is 33.2. The molecule has 0 amide bonds. The van der Waals surface area contributed by atoms with Gasteiger partial charge < -0.3 is 4.74 Å². The van der Waals surface area contributed by atoms with Crippen molar-refractivity contribution < 1.29 is 18.1 Å². The van der Waals surface area contributed by atoms with E-state index in [1.54, 1.807) is 6.07 Å². The first-order chi connectivity index (χ1) is 12.3. The molecule has 0 atom stereocenters. The fourth-order valence-electron chi connectivity index (χ4n) is 3.00. The van der Waals surface area contributed by atoms with Crippen molar-refractivity contribution in [3.05, 3.63) is 57.6 Å². The second kappa shape index (κ2) is 7.05. The molecule has 0 bridgehead atoms. The van der Waals surface area contributed by atoms with Crippen molar-refractivity contribution >= 4 is 15.7 Å². The van der Waals surface area contributed by atoms with E-state index in [2.05, 4.69) is 0 Å². The molecule has 2 aromatic rings. The Bertz CT molecular complexity index is 950. The van der Waals surface area contributed by atoms with Crippen LogP contribution in [0.1, 0.15) is 24.0 Å². The fourth-order valence-corrected chi connectivity index (χ4v) is 4.65. The molecule has 1 aliphatic heterocycles. The summed E-state index contributed by atoms with van der Waals surface area (Å²) >= 11 is 0. The molecule has 3 rings (SSSR count). The molecule has 0 aromatic heterocycles. The van der Waals surface area contributed by atoms with Crippen LogP contribution in [0.15, 0.2) is 41.3 Å². The zero-order chi connectivity index (χ0) is 18.9. The highest BCUT2D eigenvalue weighted by Crippen LogP contribution is 2.36. The third-order valence-electron chi connectivity index (χ3n) is 4.37. The first-order valence-corrected chi connectivity index (χ1v) is 9.77. The van der Waals surface area contributed by atoms with Gasteiger partial charge in [0.25, 0.3) is 5.69 Å². The number of nitro groups is 1. The summed E-state index contributed by atoms with van der Waals surface area (Å²) in [7, 11) is -3.86. The molecule has 8 heteroatoms. The number of benzene rings is 2. The maximum Gasteiger partial charge on any atom is 0.271 e. The minimum Gasteiger partial charge on any atom is -0.456 e. The van der Waals surface area contributed by atoms with Crippen LogP contribution in [0.3, 0.4) is 0 Å². The molecule has 2 aromatic carbocycles.